The van der Waals surface area contributed by atoms with Crippen LogP contribution in [0.3, 0.4) is 0 Å². The van der Waals surface area contributed by atoms with Crippen LogP contribution in [0.4, 0.5) is 0 Å². The fourth-order valence-corrected chi connectivity index (χ4v) is 6.36. The van der Waals surface area contributed by atoms with E-state index in [9.17, 15) is 14.9 Å². The molecule has 1 N–H and O–H groups in total. The van der Waals surface area contributed by atoms with Gasteiger partial charge in [-0.2, -0.15) is 5.26 Å². The molecule has 2 unspecified atom stereocenters. The van der Waals surface area contributed by atoms with Crippen molar-refractivity contribution in [2.75, 3.05) is 13.1 Å². The molecule has 1 aromatic rings. The van der Waals surface area contributed by atoms with Crippen molar-refractivity contribution in [2.24, 2.45) is 11.8 Å². The first-order valence-corrected chi connectivity index (χ1v) is 12.3. The highest BCUT2D eigenvalue weighted by atomic mass is 32.2. The van der Waals surface area contributed by atoms with Gasteiger partial charge in [-0.25, -0.2) is 0 Å². The van der Waals surface area contributed by atoms with E-state index in [1.165, 1.54) is 32.1 Å². The number of pyridine rings is 1. The van der Waals surface area contributed by atoms with Crippen molar-refractivity contribution in [1.29, 1.82) is 5.26 Å². The quantitative estimate of drug-likeness (QED) is 0.730. The normalized spacial score (nSPS) is 23.9. The molecule has 0 aromatic carbocycles. The van der Waals surface area contributed by atoms with Gasteiger partial charge in [-0.3, -0.25) is 14.6 Å². The monoisotopic (exact) mass is 438 g/mol. The van der Waals surface area contributed by atoms with E-state index in [0.717, 1.165) is 22.5 Å². The lowest BCUT2D eigenvalue weighted by Gasteiger charge is -2.28. The van der Waals surface area contributed by atoms with Crippen molar-refractivity contribution in [2.45, 2.75) is 63.2 Å². The van der Waals surface area contributed by atoms with Crippen LogP contribution >= 0.6 is 11.8 Å². The summed E-state index contributed by atoms with van der Waals surface area (Å²) in [7, 11) is 0. The van der Waals surface area contributed by atoms with Gasteiger partial charge in [0, 0.05) is 30.3 Å². The third-order valence-electron chi connectivity index (χ3n) is 6.70. The number of hydrogen-bond acceptors (Lipinski definition) is 5. The summed E-state index contributed by atoms with van der Waals surface area (Å²) in [6.07, 6.45) is 12.3. The van der Waals surface area contributed by atoms with Crippen LogP contribution in [0.2, 0.25) is 0 Å². The molecule has 4 rings (SSSR count). The molecule has 1 aromatic heterocycles. The summed E-state index contributed by atoms with van der Waals surface area (Å²) in [5.74, 6) is 0.519. The van der Waals surface area contributed by atoms with Gasteiger partial charge in [-0.1, -0.05) is 32.1 Å². The Bertz CT molecular complexity index is 873. The number of thioether (sulfide) groups is 1. The van der Waals surface area contributed by atoms with Gasteiger partial charge in [0.05, 0.1) is 30.3 Å². The third-order valence-corrected chi connectivity index (χ3v) is 8.01. The van der Waals surface area contributed by atoms with E-state index in [2.05, 4.69) is 16.4 Å². The minimum Gasteiger partial charge on any atom is -0.342 e. The standard InChI is InChI=1S/C24H30N4O2S/c25-15-20-19-10-13-28(23(30)14-18-8-11-26-12-9-18)16-21(19)31-24(20)27-22(29)7-6-17-4-2-1-3-5-17/h8-9,11-12,17,20,24H,1-7,10,13-14,16H2,(H,27,29). The molecule has 0 bridgehead atoms. The van der Waals surface area contributed by atoms with Crippen LogP contribution in [0.15, 0.2) is 35.0 Å². The van der Waals surface area contributed by atoms with E-state index in [4.69, 9.17) is 0 Å². The van der Waals surface area contributed by atoms with Crippen molar-refractivity contribution in [3.8, 4) is 6.07 Å². The Morgan fingerprint density at radius 1 is 1.23 bits per heavy atom. The molecule has 0 saturated heterocycles. The number of nitrogens with zero attached hydrogens (tertiary/aromatic N) is 3. The van der Waals surface area contributed by atoms with Crippen LogP contribution in [0.25, 0.3) is 0 Å². The minimum atomic E-state index is -0.295. The topological polar surface area (TPSA) is 86.1 Å². The summed E-state index contributed by atoms with van der Waals surface area (Å²) < 4.78 is 0. The number of aromatic nitrogens is 1. The maximum absolute atomic E-state index is 12.7. The lowest BCUT2D eigenvalue weighted by Crippen LogP contribution is -2.38. The van der Waals surface area contributed by atoms with Crippen LogP contribution in [-0.4, -0.2) is 40.2 Å². The Balaban J connectivity index is 1.30. The van der Waals surface area contributed by atoms with Crippen molar-refractivity contribution in [3.05, 3.63) is 40.6 Å². The average Bonchev–Trinajstić information content (AvgIpc) is 3.15. The zero-order chi connectivity index (χ0) is 21.6. The molecule has 0 radical (unpaired) electrons. The van der Waals surface area contributed by atoms with Gasteiger partial charge >= 0.3 is 0 Å². The zero-order valence-corrected chi connectivity index (χ0v) is 18.7. The third kappa shape index (κ3) is 5.48. The zero-order valence-electron chi connectivity index (χ0n) is 17.9. The number of nitriles is 1. The summed E-state index contributed by atoms with van der Waals surface area (Å²) in [6.45, 7) is 1.17. The summed E-state index contributed by atoms with van der Waals surface area (Å²) in [4.78, 5) is 32.3. The Kier molecular flexibility index (Phi) is 7.29. The summed E-state index contributed by atoms with van der Waals surface area (Å²) in [5, 5.41) is 12.6. The van der Waals surface area contributed by atoms with Crippen LogP contribution in [0, 0.1) is 23.2 Å². The maximum atomic E-state index is 12.7. The number of nitrogens with one attached hydrogen (secondary N) is 1. The maximum Gasteiger partial charge on any atom is 0.227 e. The average molecular weight is 439 g/mol. The van der Waals surface area contributed by atoms with Gasteiger partial charge in [0.25, 0.3) is 0 Å². The molecule has 2 amide bonds. The Hall–Kier alpha value is -2.33. The number of rotatable bonds is 6. The number of carbonyl (C=O) groups excluding carboxylic acids is 2. The Morgan fingerprint density at radius 2 is 2.00 bits per heavy atom. The number of amides is 2. The molecule has 164 valence electrons. The van der Waals surface area contributed by atoms with Gasteiger partial charge in [0.15, 0.2) is 0 Å². The first-order chi connectivity index (χ1) is 15.1. The second-order valence-corrected chi connectivity index (χ2v) is 10.0. The lowest BCUT2D eigenvalue weighted by atomic mass is 9.86. The van der Waals surface area contributed by atoms with Crippen molar-refractivity contribution < 1.29 is 9.59 Å². The molecule has 2 atom stereocenters. The summed E-state index contributed by atoms with van der Waals surface area (Å²) in [5.41, 5.74) is 2.06. The van der Waals surface area contributed by atoms with Crippen LogP contribution in [0.1, 0.15) is 56.9 Å². The van der Waals surface area contributed by atoms with Gasteiger partial charge in [0.1, 0.15) is 0 Å². The first-order valence-electron chi connectivity index (χ1n) is 11.4. The molecule has 1 fully saturated rings. The number of carbonyl (C=O) groups is 2. The van der Waals surface area contributed by atoms with Gasteiger partial charge in [0.2, 0.25) is 11.8 Å². The van der Waals surface area contributed by atoms with Crippen LogP contribution in [0.5, 0.6) is 0 Å². The predicted octanol–water partition coefficient (Wildman–Crippen LogP) is 3.80. The molecule has 0 spiro atoms. The highest BCUT2D eigenvalue weighted by molar-refractivity contribution is 8.04. The van der Waals surface area contributed by atoms with Crippen molar-refractivity contribution in [3.63, 3.8) is 0 Å². The molecule has 7 heteroatoms. The Morgan fingerprint density at radius 3 is 2.74 bits per heavy atom. The SMILES string of the molecule is N#CC1C2=C(CN(C(=O)Cc3ccncc3)CC2)SC1NC(=O)CCC1CCCCC1. The molecular weight excluding hydrogens is 408 g/mol. The predicted molar refractivity (Wildman–Crippen MR) is 121 cm³/mol. The smallest absolute Gasteiger partial charge is 0.227 e. The van der Waals surface area contributed by atoms with E-state index in [1.807, 2.05) is 17.0 Å². The summed E-state index contributed by atoms with van der Waals surface area (Å²) >= 11 is 1.57. The summed E-state index contributed by atoms with van der Waals surface area (Å²) in [6, 6.07) is 6.13. The molecule has 6 nitrogen and oxygen atoms in total. The second-order valence-electron chi connectivity index (χ2n) is 8.80. The highest BCUT2D eigenvalue weighted by Crippen LogP contribution is 2.44. The minimum absolute atomic E-state index is 0.0498. The van der Waals surface area contributed by atoms with Crippen LogP contribution < -0.4 is 5.32 Å². The van der Waals surface area contributed by atoms with Crippen molar-refractivity contribution in [1.82, 2.24) is 15.2 Å². The molecule has 3 heterocycles. The van der Waals surface area contributed by atoms with E-state index in [0.29, 0.717) is 38.3 Å². The van der Waals surface area contributed by atoms with Gasteiger partial charge in [-0.05, 0) is 42.0 Å². The molecule has 31 heavy (non-hydrogen) atoms. The lowest BCUT2D eigenvalue weighted by molar-refractivity contribution is -0.130. The highest BCUT2D eigenvalue weighted by Gasteiger charge is 2.39. The Labute approximate surface area is 188 Å². The van der Waals surface area contributed by atoms with E-state index < -0.39 is 0 Å². The van der Waals surface area contributed by atoms with Crippen LogP contribution in [-0.2, 0) is 16.0 Å². The van der Waals surface area contributed by atoms with E-state index in [1.54, 1.807) is 24.2 Å². The number of hydrogen-bond donors (Lipinski definition) is 1. The van der Waals surface area contributed by atoms with Gasteiger partial charge < -0.3 is 10.2 Å². The van der Waals surface area contributed by atoms with E-state index in [-0.39, 0.29) is 23.1 Å². The fourth-order valence-electron chi connectivity index (χ4n) is 4.89. The second kappa shape index (κ2) is 10.3. The molecule has 1 saturated carbocycles. The van der Waals surface area contributed by atoms with Crippen molar-refractivity contribution >= 4 is 23.6 Å². The molecular formula is C24H30N4O2S. The first kappa shape index (κ1) is 21.9. The molecule has 2 aliphatic heterocycles. The molecule has 1 aliphatic carbocycles. The fraction of sp³-hybridized carbons (Fsp3) is 0.583. The largest absolute Gasteiger partial charge is 0.342 e. The van der Waals surface area contributed by atoms with Gasteiger partial charge in [-0.15, -0.1) is 11.8 Å². The molecule has 3 aliphatic rings. The van der Waals surface area contributed by atoms with E-state index >= 15 is 0 Å².